The van der Waals surface area contributed by atoms with Crippen LogP contribution in [-0.2, 0) is 17.7 Å². The normalized spacial score (nSPS) is 12.7. The van der Waals surface area contributed by atoms with E-state index in [2.05, 4.69) is 16.5 Å². The molecule has 1 aromatic carbocycles. The average Bonchev–Trinajstić information content (AvgIpc) is 3.38. The number of hydrogen-bond acceptors (Lipinski definition) is 7. The minimum atomic E-state index is -0.460. The summed E-state index contributed by atoms with van der Waals surface area (Å²) < 4.78 is 10.3. The number of fused-ring (bicyclic) bond motifs is 1. The first-order valence-electron chi connectivity index (χ1n) is 9.40. The first-order chi connectivity index (χ1) is 14.6. The van der Waals surface area contributed by atoms with E-state index in [1.165, 1.54) is 11.3 Å². The Labute approximate surface area is 176 Å². The van der Waals surface area contributed by atoms with Crippen molar-refractivity contribution >= 4 is 28.3 Å². The molecule has 0 radical (unpaired) electrons. The minimum absolute atomic E-state index is 0.122. The van der Waals surface area contributed by atoms with Crippen molar-refractivity contribution in [3.05, 3.63) is 58.1 Å². The zero-order chi connectivity index (χ0) is 21.1. The highest BCUT2D eigenvalue weighted by Crippen LogP contribution is 2.37. The van der Waals surface area contributed by atoms with Crippen LogP contribution in [0, 0.1) is 11.3 Å². The van der Waals surface area contributed by atoms with Gasteiger partial charge in [0.25, 0.3) is 5.91 Å². The monoisotopic (exact) mass is 422 g/mol. The summed E-state index contributed by atoms with van der Waals surface area (Å²) in [5, 5.41) is 16.7. The molecule has 0 spiro atoms. The predicted molar refractivity (Wildman–Crippen MR) is 110 cm³/mol. The lowest BCUT2D eigenvalue weighted by atomic mass is 10.0. The van der Waals surface area contributed by atoms with Gasteiger partial charge in [0.2, 0.25) is 0 Å². The van der Waals surface area contributed by atoms with Crippen molar-refractivity contribution in [2.24, 2.45) is 0 Å². The molecule has 8 nitrogen and oxygen atoms in total. The number of nitrogens with one attached hydrogen (secondary N) is 1. The molecule has 1 aliphatic rings. The summed E-state index contributed by atoms with van der Waals surface area (Å²) >= 11 is 1.29. The molecule has 0 fully saturated rings. The van der Waals surface area contributed by atoms with Gasteiger partial charge in [0.1, 0.15) is 11.1 Å². The smallest absolute Gasteiger partial charge is 0.410 e. The number of carbonyl (C=O) groups excluding carboxylic acids is 2. The Morgan fingerprint density at radius 2 is 2.17 bits per heavy atom. The van der Waals surface area contributed by atoms with E-state index >= 15 is 0 Å². The van der Waals surface area contributed by atoms with Crippen molar-refractivity contribution < 1.29 is 18.8 Å². The molecule has 2 aromatic heterocycles. The molecular weight excluding hydrogens is 404 g/mol. The Hall–Kier alpha value is -3.64. The van der Waals surface area contributed by atoms with Gasteiger partial charge in [-0.05, 0) is 18.9 Å². The number of hydrogen-bond donors (Lipinski definition) is 1. The number of ether oxygens (including phenoxy) is 1. The van der Waals surface area contributed by atoms with Crippen LogP contribution < -0.4 is 5.32 Å². The molecule has 0 saturated heterocycles. The third kappa shape index (κ3) is 3.77. The maximum Gasteiger partial charge on any atom is 0.410 e. The van der Waals surface area contributed by atoms with Crippen molar-refractivity contribution in [3.63, 3.8) is 0 Å². The van der Waals surface area contributed by atoms with Gasteiger partial charge in [-0.3, -0.25) is 4.79 Å². The molecule has 0 bridgehead atoms. The van der Waals surface area contributed by atoms with Gasteiger partial charge in [-0.2, -0.15) is 5.26 Å². The van der Waals surface area contributed by atoms with Crippen LogP contribution in [0.3, 0.4) is 0 Å². The Bertz CT molecular complexity index is 1130. The molecule has 30 heavy (non-hydrogen) atoms. The predicted octanol–water partition coefficient (Wildman–Crippen LogP) is 4.04. The first kappa shape index (κ1) is 19.7. The van der Waals surface area contributed by atoms with Crippen molar-refractivity contribution in [1.29, 1.82) is 5.26 Å². The fourth-order valence-corrected chi connectivity index (χ4v) is 4.48. The molecular formula is C21H18N4O4S. The number of nitriles is 1. The second-order valence-corrected chi connectivity index (χ2v) is 7.69. The number of anilines is 1. The largest absolute Gasteiger partial charge is 0.450 e. The van der Waals surface area contributed by atoms with E-state index < -0.39 is 5.91 Å². The third-order valence-electron chi connectivity index (χ3n) is 4.72. The molecule has 0 atom stereocenters. The summed E-state index contributed by atoms with van der Waals surface area (Å²) in [5.74, 6) is 0.0232. The minimum Gasteiger partial charge on any atom is -0.450 e. The summed E-state index contributed by atoms with van der Waals surface area (Å²) in [5.41, 5.74) is 2.23. The first-order valence-corrected chi connectivity index (χ1v) is 10.2. The molecule has 9 heteroatoms. The molecule has 0 unspecified atom stereocenters. The molecule has 1 N–H and O–H groups in total. The number of nitrogens with zero attached hydrogens (tertiary/aromatic N) is 3. The topological polar surface area (TPSA) is 108 Å². The van der Waals surface area contributed by atoms with Crippen LogP contribution in [0.25, 0.3) is 11.3 Å². The lowest BCUT2D eigenvalue weighted by Gasteiger charge is -2.25. The second kappa shape index (κ2) is 8.39. The molecule has 2 amide bonds. The maximum atomic E-state index is 12.7. The Morgan fingerprint density at radius 1 is 1.37 bits per heavy atom. The highest BCUT2D eigenvalue weighted by atomic mass is 32.1. The summed E-state index contributed by atoms with van der Waals surface area (Å²) in [6.45, 7) is 2.88. The van der Waals surface area contributed by atoms with Crippen LogP contribution in [0.2, 0.25) is 0 Å². The molecule has 3 aromatic rings. The van der Waals surface area contributed by atoms with E-state index in [1.807, 2.05) is 30.3 Å². The highest BCUT2D eigenvalue weighted by Gasteiger charge is 2.28. The van der Waals surface area contributed by atoms with Crippen molar-refractivity contribution in [3.8, 4) is 17.4 Å². The second-order valence-electron chi connectivity index (χ2n) is 6.59. The fraction of sp³-hybridized carbons (Fsp3) is 0.238. The summed E-state index contributed by atoms with van der Waals surface area (Å²) in [4.78, 5) is 27.1. The van der Waals surface area contributed by atoms with Gasteiger partial charge in [0.05, 0.1) is 18.7 Å². The maximum absolute atomic E-state index is 12.7. The molecule has 1 aliphatic heterocycles. The molecule has 152 valence electrons. The van der Waals surface area contributed by atoms with Gasteiger partial charge < -0.3 is 19.5 Å². The number of benzene rings is 1. The van der Waals surface area contributed by atoms with Gasteiger partial charge in [-0.25, -0.2) is 4.79 Å². The zero-order valence-corrected chi connectivity index (χ0v) is 17.0. The van der Waals surface area contributed by atoms with Crippen LogP contribution in [0.1, 0.15) is 33.4 Å². The van der Waals surface area contributed by atoms with E-state index in [0.29, 0.717) is 42.4 Å². The molecule has 0 aliphatic carbocycles. The van der Waals surface area contributed by atoms with Crippen LogP contribution in [-0.4, -0.2) is 35.2 Å². The summed E-state index contributed by atoms with van der Waals surface area (Å²) in [7, 11) is 0. The third-order valence-corrected chi connectivity index (χ3v) is 5.86. The quantitative estimate of drug-likeness (QED) is 0.680. The van der Waals surface area contributed by atoms with Crippen LogP contribution >= 0.6 is 11.3 Å². The van der Waals surface area contributed by atoms with E-state index in [9.17, 15) is 14.9 Å². The van der Waals surface area contributed by atoms with Gasteiger partial charge in [0.15, 0.2) is 11.5 Å². The lowest BCUT2D eigenvalue weighted by Crippen LogP contribution is -2.35. The number of amides is 2. The number of carbonyl (C=O) groups is 2. The van der Waals surface area contributed by atoms with E-state index in [0.717, 1.165) is 16.0 Å². The van der Waals surface area contributed by atoms with Gasteiger partial charge >= 0.3 is 6.09 Å². The van der Waals surface area contributed by atoms with Crippen molar-refractivity contribution in [2.75, 3.05) is 18.5 Å². The Morgan fingerprint density at radius 3 is 2.90 bits per heavy atom. The Kier molecular flexibility index (Phi) is 5.50. The van der Waals surface area contributed by atoms with Crippen molar-refractivity contribution in [1.82, 2.24) is 10.1 Å². The van der Waals surface area contributed by atoms with Crippen LogP contribution in [0.5, 0.6) is 0 Å². The molecule has 0 saturated carbocycles. The molecule has 3 heterocycles. The van der Waals surface area contributed by atoms with Crippen LogP contribution in [0.4, 0.5) is 9.80 Å². The Balaban J connectivity index is 1.53. The lowest BCUT2D eigenvalue weighted by molar-refractivity contribution is 0.101. The van der Waals surface area contributed by atoms with Crippen LogP contribution in [0.15, 0.2) is 40.9 Å². The SMILES string of the molecule is CCOC(=O)N1CCc2c(sc(NC(=O)c3cc(-c4ccccc4)on3)c2C#N)C1. The van der Waals surface area contributed by atoms with E-state index in [4.69, 9.17) is 9.26 Å². The average molecular weight is 422 g/mol. The summed E-state index contributed by atoms with van der Waals surface area (Å²) in [6, 6.07) is 13.1. The summed E-state index contributed by atoms with van der Waals surface area (Å²) in [6.07, 6.45) is 0.155. The number of thiophene rings is 1. The van der Waals surface area contributed by atoms with E-state index in [-0.39, 0.29) is 11.8 Å². The van der Waals surface area contributed by atoms with Crippen molar-refractivity contribution in [2.45, 2.75) is 19.9 Å². The molecule has 4 rings (SSSR count). The van der Waals surface area contributed by atoms with Gasteiger partial charge in [0, 0.05) is 23.1 Å². The van der Waals surface area contributed by atoms with E-state index in [1.54, 1.807) is 17.9 Å². The number of rotatable bonds is 4. The van der Waals surface area contributed by atoms with Gasteiger partial charge in [-0.15, -0.1) is 11.3 Å². The van der Waals surface area contributed by atoms with Gasteiger partial charge in [-0.1, -0.05) is 35.5 Å². The fourth-order valence-electron chi connectivity index (χ4n) is 3.27. The highest BCUT2D eigenvalue weighted by molar-refractivity contribution is 7.16. The standard InChI is InChI=1S/C21H18N4O4S/c1-2-28-21(27)25-9-8-14-15(11-22)20(30-18(14)12-25)23-19(26)16-10-17(29-24-16)13-6-4-3-5-7-13/h3-7,10H,2,8-9,12H2,1H3,(H,23,26). The number of aromatic nitrogens is 1. The zero-order valence-electron chi connectivity index (χ0n) is 16.2.